The normalized spacial score (nSPS) is 10.0. The number of rotatable bonds is 7. The summed E-state index contributed by atoms with van der Waals surface area (Å²) >= 11 is 5.75. The number of hydrogen-bond acceptors (Lipinski definition) is 6. The zero-order chi connectivity index (χ0) is 18.9. The van der Waals surface area contributed by atoms with Gasteiger partial charge in [-0.3, -0.25) is 9.59 Å². The maximum absolute atomic E-state index is 11.9. The van der Waals surface area contributed by atoms with Crippen LogP contribution in [0.3, 0.4) is 0 Å². The Kier molecular flexibility index (Phi) is 8.57. The first-order valence-electron chi connectivity index (χ1n) is 7.40. The van der Waals surface area contributed by atoms with Crippen LogP contribution in [0.2, 0.25) is 5.02 Å². The number of carbonyl (C=O) groups excluding carboxylic acids is 2. The molecule has 9 nitrogen and oxygen atoms in total. The molecule has 0 aliphatic carbocycles. The van der Waals surface area contributed by atoms with E-state index in [0.717, 1.165) is 0 Å². The summed E-state index contributed by atoms with van der Waals surface area (Å²) in [5, 5.41) is 9.56. The van der Waals surface area contributed by atoms with Gasteiger partial charge in [-0.1, -0.05) is 11.6 Å². The van der Waals surface area contributed by atoms with Crippen LogP contribution < -0.4 is 15.5 Å². The topological polar surface area (TPSA) is 141 Å². The number of nitrogens with one attached hydrogen (secondary N) is 2. The van der Waals surface area contributed by atoms with Crippen molar-refractivity contribution >= 4 is 35.3 Å². The van der Waals surface area contributed by atoms with Crippen molar-refractivity contribution in [2.75, 3.05) is 13.7 Å². The van der Waals surface area contributed by atoms with Gasteiger partial charge in [0.05, 0.1) is 19.9 Å². The van der Waals surface area contributed by atoms with Gasteiger partial charge in [0.25, 0.3) is 11.8 Å². The number of nitrogens with zero attached hydrogens (tertiary/aromatic N) is 2. The fourth-order valence-corrected chi connectivity index (χ4v) is 2.08. The third kappa shape index (κ3) is 6.49. The molecule has 2 aromatic carbocycles. The van der Waals surface area contributed by atoms with Crippen molar-refractivity contribution < 1.29 is 19.8 Å². The minimum atomic E-state index is -0.521. The molecule has 0 aliphatic rings. The van der Waals surface area contributed by atoms with Crippen LogP contribution in [0.1, 0.15) is 15.9 Å². The number of ether oxygens (including phenoxy) is 1. The molecule has 142 valence electrons. The smallest absolute Gasteiger partial charge is 0.259 e. The average Bonchev–Trinajstić information content (AvgIpc) is 2.66. The van der Waals surface area contributed by atoms with E-state index < -0.39 is 11.8 Å². The zero-order valence-corrected chi connectivity index (χ0v) is 15.0. The third-order valence-corrected chi connectivity index (χ3v) is 3.48. The number of methoxy groups -OCH3 is 1. The molecule has 0 radical (unpaired) electrons. The zero-order valence-electron chi connectivity index (χ0n) is 14.2. The summed E-state index contributed by atoms with van der Waals surface area (Å²) in [6.07, 6.45) is 1.31. The predicted molar refractivity (Wildman–Crippen MR) is 102 cm³/mol. The van der Waals surface area contributed by atoms with Gasteiger partial charge in [0.15, 0.2) is 0 Å². The Labute approximate surface area is 159 Å². The molecule has 4 N–H and O–H groups in total. The van der Waals surface area contributed by atoms with E-state index in [9.17, 15) is 14.5 Å². The Hall–Kier alpha value is -3.30. The van der Waals surface area contributed by atoms with Gasteiger partial charge in [0, 0.05) is 16.1 Å². The monoisotopic (exact) mass is 392 g/mol. The lowest BCUT2D eigenvalue weighted by molar-refractivity contribution is -0.120. The quantitative estimate of drug-likeness (QED) is 0.421. The Balaban J connectivity index is 0.00000364. The second kappa shape index (κ2) is 10.6. The summed E-state index contributed by atoms with van der Waals surface area (Å²) < 4.78 is 5.12. The van der Waals surface area contributed by atoms with Crippen molar-refractivity contribution in [2.24, 2.45) is 10.3 Å². The van der Waals surface area contributed by atoms with Gasteiger partial charge in [0.1, 0.15) is 11.4 Å². The van der Waals surface area contributed by atoms with E-state index in [4.69, 9.17) is 16.3 Å². The van der Waals surface area contributed by atoms with Crippen LogP contribution in [-0.4, -0.2) is 37.2 Å². The summed E-state index contributed by atoms with van der Waals surface area (Å²) in [5.74, 6) is -0.467. The SMILES string of the molecule is COc1ccc(N=O)cc1/C=N/NC(=O)CNC(=O)c1ccc(Cl)cc1.O. The van der Waals surface area contributed by atoms with Gasteiger partial charge in [-0.25, -0.2) is 5.43 Å². The number of carbonyl (C=O) groups is 2. The maximum atomic E-state index is 11.9. The van der Waals surface area contributed by atoms with E-state index >= 15 is 0 Å². The molecular formula is C17H17ClN4O5. The first kappa shape index (κ1) is 21.7. The van der Waals surface area contributed by atoms with Crippen molar-refractivity contribution in [2.45, 2.75) is 0 Å². The van der Waals surface area contributed by atoms with E-state index in [1.54, 1.807) is 30.3 Å². The molecule has 0 saturated carbocycles. The largest absolute Gasteiger partial charge is 0.496 e. The highest BCUT2D eigenvalue weighted by Gasteiger charge is 2.08. The van der Waals surface area contributed by atoms with Crippen LogP contribution in [0.5, 0.6) is 5.75 Å². The molecule has 2 rings (SSSR count). The number of hydrogen-bond donors (Lipinski definition) is 2. The van der Waals surface area contributed by atoms with Gasteiger partial charge in [-0.15, -0.1) is 4.91 Å². The standard InChI is InChI=1S/C17H15ClN4O4.H2O/c1-26-15-7-6-14(22-25)8-12(15)9-20-21-16(23)10-19-17(24)11-2-4-13(18)5-3-11;/h2-9H,10H2,1H3,(H,19,24)(H,21,23);1H2/b20-9+;. The third-order valence-electron chi connectivity index (χ3n) is 3.23. The molecule has 0 spiro atoms. The molecule has 10 heteroatoms. The Morgan fingerprint density at radius 2 is 1.89 bits per heavy atom. The number of nitroso groups, excluding NO2 is 1. The first-order chi connectivity index (χ1) is 12.5. The minimum absolute atomic E-state index is 0. The van der Waals surface area contributed by atoms with Crippen LogP contribution in [0.25, 0.3) is 0 Å². The van der Waals surface area contributed by atoms with Crippen LogP contribution in [-0.2, 0) is 4.79 Å². The van der Waals surface area contributed by atoms with Crippen LogP contribution in [0.15, 0.2) is 52.7 Å². The van der Waals surface area contributed by atoms with Crippen molar-refractivity contribution in [1.82, 2.24) is 10.7 Å². The Morgan fingerprint density at radius 1 is 1.19 bits per heavy atom. The highest BCUT2D eigenvalue weighted by atomic mass is 35.5. The molecule has 2 amide bonds. The molecule has 0 atom stereocenters. The number of benzene rings is 2. The van der Waals surface area contributed by atoms with Crippen LogP contribution in [0.4, 0.5) is 5.69 Å². The molecule has 0 fully saturated rings. The van der Waals surface area contributed by atoms with E-state index in [0.29, 0.717) is 21.9 Å². The minimum Gasteiger partial charge on any atom is -0.496 e. The van der Waals surface area contributed by atoms with Crippen molar-refractivity contribution in [3.8, 4) is 5.75 Å². The fraction of sp³-hybridized carbons (Fsp3) is 0.118. The second-order valence-electron chi connectivity index (χ2n) is 5.00. The summed E-state index contributed by atoms with van der Waals surface area (Å²) in [6, 6.07) is 10.8. The van der Waals surface area contributed by atoms with E-state index in [2.05, 4.69) is 21.0 Å². The Morgan fingerprint density at radius 3 is 2.52 bits per heavy atom. The van der Waals surface area contributed by atoms with Gasteiger partial charge in [-0.2, -0.15) is 5.10 Å². The number of hydrazone groups is 1. The molecule has 2 aromatic rings. The number of amides is 2. The summed E-state index contributed by atoms with van der Waals surface area (Å²) in [4.78, 5) is 34.2. The molecule has 0 unspecified atom stereocenters. The van der Waals surface area contributed by atoms with Gasteiger partial charge in [0.2, 0.25) is 0 Å². The second-order valence-corrected chi connectivity index (χ2v) is 5.44. The molecule has 27 heavy (non-hydrogen) atoms. The molecular weight excluding hydrogens is 376 g/mol. The molecule has 0 aromatic heterocycles. The van der Waals surface area contributed by atoms with Gasteiger partial charge in [-0.05, 0) is 47.6 Å². The lowest BCUT2D eigenvalue weighted by atomic mass is 10.2. The first-order valence-corrected chi connectivity index (χ1v) is 7.78. The Bertz CT molecular complexity index is 840. The van der Waals surface area contributed by atoms with Crippen molar-refractivity contribution in [3.05, 3.63) is 63.5 Å². The number of halogens is 1. The maximum Gasteiger partial charge on any atom is 0.259 e. The summed E-state index contributed by atoms with van der Waals surface area (Å²) in [6.45, 7) is -0.258. The molecule has 0 heterocycles. The van der Waals surface area contributed by atoms with E-state index in [1.807, 2.05) is 0 Å². The van der Waals surface area contributed by atoms with Crippen molar-refractivity contribution in [1.29, 1.82) is 0 Å². The fourth-order valence-electron chi connectivity index (χ4n) is 1.96. The van der Waals surface area contributed by atoms with Gasteiger partial charge >= 0.3 is 0 Å². The lowest BCUT2D eigenvalue weighted by Gasteiger charge is -2.05. The van der Waals surface area contributed by atoms with E-state index in [-0.39, 0.29) is 17.7 Å². The molecule has 0 bridgehead atoms. The van der Waals surface area contributed by atoms with Crippen molar-refractivity contribution in [3.63, 3.8) is 0 Å². The summed E-state index contributed by atoms with van der Waals surface area (Å²) in [7, 11) is 1.46. The lowest BCUT2D eigenvalue weighted by Crippen LogP contribution is -2.34. The predicted octanol–water partition coefficient (Wildman–Crippen LogP) is 1.80. The average molecular weight is 393 g/mol. The highest BCUT2D eigenvalue weighted by Crippen LogP contribution is 2.22. The highest BCUT2D eigenvalue weighted by molar-refractivity contribution is 6.30. The summed E-state index contributed by atoms with van der Waals surface area (Å²) in [5.41, 5.74) is 3.32. The van der Waals surface area contributed by atoms with Gasteiger partial charge < -0.3 is 15.5 Å². The molecule has 0 saturated heterocycles. The van der Waals surface area contributed by atoms with Crippen LogP contribution in [0, 0.1) is 4.91 Å². The van der Waals surface area contributed by atoms with E-state index in [1.165, 1.54) is 25.5 Å². The molecule has 0 aliphatic heterocycles. The van der Waals surface area contributed by atoms with Crippen LogP contribution >= 0.6 is 11.6 Å².